The maximum absolute atomic E-state index is 13.1. The lowest BCUT2D eigenvalue weighted by Gasteiger charge is -2.29. The van der Waals surface area contributed by atoms with Crippen LogP contribution in [0.2, 0.25) is 0 Å². The van der Waals surface area contributed by atoms with E-state index >= 15 is 0 Å². The van der Waals surface area contributed by atoms with Gasteiger partial charge in [0, 0.05) is 23.9 Å². The fourth-order valence-electron chi connectivity index (χ4n) is 4.99. The standard InChI is InChI=1S/C26H27N3O3/c30-25(14-23-21-8-4-5-9-22(21)24-15-27-17-29(23)24)19-10-12-20(13-11-19)28-26(31)32-16-18-6-2-1-3-7-18/h1-9,15,17,19-20,23H,10-14,16H2,(H,28,31). The van der Waals surface area contributed by atoms with E-state index in [1.165, 1.54) is 11.1 Å². The molecule has 2 aromatic carbocycles. The van der Waals surface area contributed by atoms with Gasteiger partial charge in [-0.3, -0.25) is 4.79 Å². The molecule has 0 radical (unpaired) electrons. The van der Waals surface area contributed by atoms with E-state index < -0.39 is 0 Å². The molecule has 6 heteroatoms. The molecule has 0 saturated heterocycles. The van der Waals surface area contributed by atoms with Crippen LogP contribution in [0.3, 0.4) is 0 Å². The normalized spacial score (nSPS) is 21.4. The first kappa shape index (κ1) is 20.5. The summed E-state index contributed by atoms with van der Waals surface area (Å²) in [5, 5.41) is 2.96. The van der Waals surface area contributed by atoms with Crippen molar-refractivity contribution < 1.29 is 14.3 Å². The van der Waals surface area contributed by atoms with Gasteiger partial charge in [-0.15, -0.1) is 0 Å². The molecule has 0 bridgehead atoms. The molecule has 6 nitrogen and oxygen atoms in total. The number of imidazole rings is 1. The summed E-state index contributed by atoms with van der Waals surface area (Å²) in [5.74, 6) is 0.351. The number of hydrogen-bond acceptors (Lipinski definition) is 4. The van der Waals surface area contributed by atoms with Gasteiger partial charge >= 0.3 is 6.09 Å². The fourth-order valence-corrected chi connectivity index (χ4v) is 4.99. The lowest BCUT2D eigenvalue weighted by molar-refractivity contribution is -0.124. The lowest BCUT2D eigenvalue weighted by atomic mass is 9.81. The van der Waals surface area contributed by atoms with Gasteiger partial charge in [0.2, 0.25) is 0 Å². The van der Waals surface area contributed by atoms with Crippen LogP contribution in [0, 0.1) is 5.92 Å². The van der Waals surface area contributed by atoms with Gasteiger partial charge in [-0.2, -0.15) is 0 Å². The number of ketones is 1. The topological polar surface area (TPSA) is 73.2 Å². The third-order valence-electron chi connectivity index (χ3n) is 6.71. The van der Waals surface area contributed by atoms with Crippen molar-refractivity contribution in [3.8, 4) is 11.3 Å². The second-order valence-corrected chi connectivity index (χ2v) is 8.71. The molecule has 1 aliphatic heterocycles. The van der Waals surface area contributed by atoms with E-state index in [-0.39, 0.29) is 30.7 Å². The Balaban J connectivity index is 1.12. The van der Waals surface area contributed by atoms with E-state index in [4.69, 9.17) is 4.74 Å². The smallest absolute Gasteiger partial charge is 0.407 e. The number of nitrogens with zero attached hydrogens (tertiary/aromatic N) is 2. The highest BCUT2D eigenvalue weighted by molar-refractivity contribution is 5.83. The summed E-state index contributed by atoms with van der Waals surface area (Å²) in [6.07, 6.45) is 7.00. The van der Waals surface area contributed by atoms with Crippen molar-refractivity contribution in [1.82, 2.24) is 14.9 Å². The Morgan fingerprint density at radius 1 is 1.00 bits per heavy atom. The van der Waals surface area contributed by atoms with Gasteiger partial charge in [-0.1, -0.05) is 54.6 Å². The molecule has 5 rings (SSSR count). The van der Waals surface area contributed by atoms with Crippen LogP contribution < -0.4 is 5.32 Å². The summed E-state index contributed by atoms with van der Waals surface area (Å²) in [6.45, 7) is 0.263. The highest BCUT2D eigenvalue weighted by Crippen LogP contribution is 2.41. The predicted octanol–water partition coefficient (Wildman–Crippen LogP) is 4.90. The Labute approximate surface area is 187 Å². The van der Waals surface area contributed by atoms with Gasteiger partial charge in [-0.05, 0) is 36.8 Å². The molecule has 1 amide bonds. The van der Waals surface area contributed by atoms with Crippen molar-refractivity contribution in [3.05, 3.63) is 78.2 Å². The Bertz CT molecular complexity index is 1100. The lowest BCUT2D eigenvalue weighted by Crippen LogP contribution is -2.39. The minimum absolute atomic E-state index is 0.0278. The van der Waals surface area contributed by atoms with Gasteiger partial charge < -0.3 is 14.6 Å². The number of Topliss-reactive ketones (excluding diaryl/α,β-unsaturated/α-hetero) is 1. The third kappa shape index (κ3) is 4.17. The minimum atomic E-state index is -0.390. The van der Waals surface area contributed by atoms with Gasteiger partial charge in [-0.25, -0.2) is 9.78 Å². The molecule has 1 saturated carbocycles. The van der Waals surface area contributed by atoms with Gasteiger partial charge in [0.05, 0.1) is 24.3 Å². The predicted molar refractivity (Wildman–Crippen MR) is 121 cm³/mol. The second-order valence-electron chi connectivity index (χ2n) is 8.71. The SMILES string of the molecule is O=C(NC1CCC(C(=O)CC2c3ccccc3-c3cncn32)CC1)OCc1ccccc1. The van der Waals surface area contributed by atoms with E-state index in [1.54, 1.807) is 0 Å². The number of ether oxygens (including phenoxy) is 1. The number of rotatable bonds is 6. The molecule has 32 heavy (non-hydrogen) atoms. The first-order chi connectivity index (χ1) is 15.7. The number of hydrogen-bond donors (Lipinski definition) is 1. The number of aromatic nitrogens is 2. The maximum atomic E-state index is 13.1. The molecule has 0 spiro atoms. The molecule has 1 fully saturated rings. The third-order valence-corrected chi connectivity index (χ3v) is 6.71. The van der Waals surface area contributed by atoms with Crippen molar-refractivity contribution in [1.29, 1.82) is 0 Å². The van der Waals surface area contributed by atoms with Crippen LogP contribution in [0.1, 0.15) is 49.3 Å². The van der Waals surface area contributed by atoms with Crippen molar-refractivity contribution in [2.24, 2.45) is 5.92 Å². The summed E-state index contributed by atoms with van der Waals surface area (Å²) in [6, 6.07) is 18.0. The van der Waals surface area contributed by atoms with Crippen LogP contribution in [-0.2, 0) is 16.1 Å². The van der Waals surface area contributed by atoms with E-state index in [0.717, 1.165) is 36.9 Å². The molecule has 1 unspecified atom stereocenters. The second kappa shape index (κ2) is 8.99. The fraction of sp³-hybridized carbons (Fsp3) is 0.346. The minimum Gasteiger partial charge on any atom is -0.445 e. The van der Waals surface area contributed by atoms with Crippen molar-refractivity contribution >= 4 is 11.9 Å². The zero-order valence-electron chi connectivity index (χ0n) is 17.9. The molecule has 1 aromatic heterocycles. The zero-order valence-corrected chi connectivity index (χ0v) is 17.9. The van der Waals surface area contributed by atoms with Crippen LogP contribution in [0.25, 0.3) is 11.3 Å². The van der Waals surface area contributed by atoms with Gasteiger partial charge in [0.25, 0.3) is 0 Å². The number of benzene rings is 2. The average molecular weight is 430 g/mol. The molecule has 1 aliphatic carbocycles. The number of alkyl carbamates (subject to hydrolysis) is 1. The van der Waals surface area contributed by atoms with Crippen molar-refractivity contribution in [2.75, 3.05) is 0 Å². The van der Waals surface area contributed by atoms with E-state index in [1.807, 2.05) is 55.0 Å². The van der Waals surface area contributed by atoms with Crippen LogP contribution >= 0.6 is 0 Å². The quantitative estimate of drug-likeness (QED) is 0.605. The Morgan fingerprint density at radius 2 is 1.75 bits per heavy atom. The van der Waals surface area contributed by atoms with Gasteiger partial charge in [0.1, 0.15) is 12.4 Å². The summed E-state index contributed by atoms with van der Waals surface area (Å²) < 4.78 is 7.45. The maximum Gasteiger partial charge on any atom is 0.407 e. The first-order valence-electron chi connectivity index (χ1n) is 11.3. The number of carbonyl (C=O) groups excluding carboxylic acids is 2. The molecule has 2 heterocycles. The van der Waals surface area contributed by atoms with Crippen LogP contribution in [-0.4, -0.2) is 27.5 Å². The molecular formula is C26H27N3O3. The van der Waals surface area contributed by atoms with Crippen LogP contribution in [0.5, 0.6) is 0 Å². The number of fused-ring (bicyclic) bond motifs is 3. The Hall–Kier alpha value is -3.41. The molecule has 3 aromatic rings. The summed E-state index contributed by atoms with van der Waals surface area (Å²) in [4.78, 5) is 29.6. The number of amides is 1. The molecule has 2 aliphatic rings. The largest absolute Gasteiger partial charge is 0.445 e. The Morgan fingerprint density at radius 3 is 2.56 bits per heavy atom. The number of nitrogens with one attached hydrogen (secondary N) is 1. The monoisotopic (exact) mass is 429 g/mol. The van der Waals surface area contributed by atoms with Crippen molar-refractivity contribution in [3.63, 3.8) is 0 Å². The molecular weight excluding hydrogens is 402 g/mol. The zero-order chi connectivity index (χ0) is 21.9. The summed E-state index contributed by atoms with van der Waals surface area (Å²) in [5.41, 5.74) is 4.42. The highest BCUT2D eigenvalue weighted by Gasteiger charge is 2.33. The summed E-state index contributed by atoms with van der Waals surface area (Å²) >= 11 is 0. The van der Waals surface area contributed by atoms with Crippen LogP contribution in [0.4, 0.5) is 4.79 Å². The van der Waals surface area contributed by atoms with E-state index in [2.05, 4.69) is 27.0 Å². The van der Waals surface area contributed by atoms with Crippen molar-refractivity contribution in [2.45, 2.75) is 50.8 Å². The van der Waals surface area contributed by atoms with Gasteiger partial charge in [0.15, 0.2) is 0 Å². The first-order valence-corrected chi connectivity index (χ1v) is 11.3. The van der Waals surface area contributed by atoms with E-state index in [0.29, 0.717) is 12.2 Å². The van der Waals surface area contributed by atoms with Crippen LogP contribution in [0.15, 0.2) is 67.1 Å². The van der Waals surface area contributed by atoms with E-state index in [9.17, 15) is 9.59 Å². The highest BCUT2D eigenvalue weighted by atomic mass is 16.5. The Kier molecular flexibility index (Phi) is 5.75. The molecule has 164 valence electrons. The average Bonchev–Trinajstić information content (AvgIpc) is 3.41. The molecule has 1 N–H and O–H groups in total. The summed E-state index contributed by atoms with van der Waals surface area (Å²) in [7, 11) is 0. The number of carbonyl (C=O) groups is 2. The molecule has 1 atom stereocenters.